The summed E-state index contributed by atoms with van der Waals surface area (Å²) in [5.74, 6) is 0.778. The van der Waals surface area contributed by atoms with Crippen LogP contribution in [0.1, 0.15) is 5.56 Å². The van der Waals surface area contributed by atoms with Gasteiger partial charge in [0, 0.05) is 17.1 Å². The Bertz CT molecular complexity index is 1390. The van der Waals surface area contributed by atoms with Gasteiger partial charge in [0.2, 0.25) is 0 Å². The van der Waals surface area contributed by atoms with E-state index in [-0.39, 0.29) is 16.2 Å². The predicted molar refractivity (Wildman–Crippen MR) is 118 cm³/mol. The number of halogens is 1. The van der Waals surface area contributed by atoms with E-state index in [4.69, 9.17) is 9.47 Å². The molecule has 0 unspecified atom stereocenters. The summed E-state index contributed by atoms with van der Waals surface area (Å²) in [6.45, 7) is 4.76. The molecule has 0 saturated carbocycles. The molecule has 2 aromatic carbocycles. The molecule has 0 spiro atoms. The van der Waals surface area contributed by atoms with E-state index in [1.54, 1.807) is 36.4 Å². The number of hydrogen-bond acceptors (Lipinski definition) is 5. The van der Waals surface area contributed by atoms with Crippen LogP contribution in [0.4, 0.5) is 4.39 Å². The molecule has 3 heterocycles. The summed E-state index contributed by atoms with van der Waals surface area (Å²) in [6, 6.07) is 14.2. The fourth-order valence-electron chi connectivity index (χ4n) is 3.53. The van der Waals surface area contributed by atoms with Crippen LogP contribution in [-0.2, 0) is 10.0 Å². The van der Waals surface area contributed by atoms with E-state index < -0.39 is 15.8 Å². The maximum absolute atomic E-state index is 14.4. The van der Waals surface area contributed by atoms with Gasteiger partial charge < -0.3 is 9.47 Å². The SMILES string of the molecule is [CH2]c1cc(-c2ccccc2F)n(S(=O)(=O)c2cccc(-c3scc4c3OCCO4)c2)c1. The Balaban J connectivity index is 1.62. The Labute approximate surface area is 183 Å². The molecule has 0 bridgehead atoms. The minimum absolute atomic E-state index is 0.0806. The van der Waals surface area contributed by atoms with Gasteiger partial charge in [0.15, 0.2) is 11.5 Å². The Hall–Kier alpha value is -3.10. The maximum Gasteiger partial charge on any atom is 0.268 e. The molecule has 4 aromatic rings. The van der Waals surface area contributed by atoms with Crippen molar-refractivity contribution in [1.82, 2.24) is 3.97 Å². The highest BCUT2D eigenvalue weighted by atomic mass is 32.2. The van der Waals surface area contributed by atoms with Crippen molar-refractivity contribution in [3.8, 4) is 33.2 Å². The lowest BCUT2D eigenvalue weighted by Crippen LogP contribution is -2.14. The highest BCUT2D eigenvalue weighted by Crippen LogP contribution is 2.46. The molecular weight excluding hydrogens is 437 g/mol. The molecular formula is C23H17FNO4S2. The molecule has 0 atom stereocenters. The summed E-state index contributed by atoms with van der Waals surface area (Å²) in [4.78, 5) is 0.878. The Kier molecular flexibility index (Phi) is 4.83. The molecule has 1 radical (unpaired) electrons. The standard InChI is InChI=1S/C23H17FNO4S2/c1-15-11-20(18-7-2-3-8-19(18)24)25(13-15)31(26,27)17-6-4-5-16(12-17)23-22-21(14-30-23)28-9-10-29-22/h2-8,11-14H,1,9-10H2. The van der Waals surface area contributed by atoms with Crippen LogP contribution in [0.5, 0.6) is 11.5 Å². The molecule has 1 aliphatic heterocycles. The normalized spacial score (nSPS) is 13.4. The second-order valence-corrected chi connectivity index (χ2v) is 9.69. The van der Waals surface area contributed by atoms with E-state index in [0.717, 1.165) is 8.85 Å². The van der Waals surface area contributed by atoms with E-state index in [1.165, 1.54) is 29.7 Å². The first-order valence-corrected chi connectivity index (χ1v) is 11.8. The number of ether oxygens (including phenoxy) is 2. The van der Waals surface area contributed by atoms with Crippen molar-refractivity contribution in [2.75, 3.05) is 13.2 Å². The second kappa shape index (κ2) is 7.55. The zero-order valence-electron chi connectivity index (χ0n) is 16.2. The van der Waals surface area contributed by atoms with E-state index in [2.05, 4.69) is 6.92 Å². The van der Waals surface area contributed by atoms with Gasteiger partial charge in [-0.3, -0.25) is 0 Å². The third kappa shape index (κ3) is 3.41. The monoisotopic (exact) mass is 454 g/mol. The Morgan fingerprint density at radius 2 is 1.84 bits per heavy atom. The molecule has 0 amide bonds. The average Bonchev–Trinajstić information content (AvgIpc) is 3.38. The molecule has 31 heavy (non-hydrogen) atoms. The van der Waals surface area contributed by atoms with Crippen molar-refractivity contribution in [3.05, 3.63) is 84.5 Å². The number of aromatic nitrogens is 1. The van der Waals surface area contributed by atoms with Crippen LogP contribution < -0.4 is 9.47 Å². The van der Waals surface area contributed by atoms with Crippen molar-refractivity contribution in [3.63, 3.8) is 0 Å². The number of rotatable bonds is 4. The molecule has 157 valence electrons. The average molecular weight is 455 g/mol. The van der Waals surface area contributed by atoms with Crippen LogP contribution in [0.25, 0.3) is 21.7 Å². The molecule has 1 aliphatic rings. The van der Waals surface area contributed by atoms with Gasteiger partial charge in [-0.25, -0.2) is 16.8 Å². The molecule has 0 fully saturated rings. The minimum atomic E-state index is -4.01. The van der Waals surface area contributed by atoms with Gasteiger partial charge in [-0.1, -0.05) is 24.3 Å². The molecule has 8 heteroatoms. The van der Waals surface area contributed by atoms with Crippen molar-refractivity contribution in [1.29, 1.82) is 0 Å². The van der Waals surface area contributed by atoms with Gasteiger partial charge in [-0.05, 0) is 48.4 Å². The zero-order valence-corrected chi connectivity index (χ0v) is 17.9. The summed E-state index contributed by atoms with van der Waals surface area (Å²) in [5.41, 5.74) is 1.58. The van der Waals surface area contributed by atoms with Gasteiger partial charge in [0.1, 0.15) is 19.0 Å². The summed E-state index contributed by atoms with van der Waals surface area (Å²) < 4.78 is 53.9. The van der Waals surface area contributed by atoms with Gasteiger partial charge in [0.05, 0.1) is 15.5 Å². The first kappa shape index (κ1) is 19.8. The van der Waals surface area contributed by atoms with E-state index in [1.807, 2.05) is 11.4 Å². The first-order chi connectivity index (χ1) is 14.9. The molecule has 0 N–H and O–H groups in total. The van der Waals surface area contributed by atoms with Crippen LogP contribution in [0.15, 0.2) is 71.1 Å². The highest BCUT2D eigenvalue weighted by Gasteiger charge is 2.25. The number of fused-ring (bicyclic) bond motifs is 1. The molecule has 2 aromatic heterocycles. The number of thiophene rings is 1. The Morgan fingerprint density at radius 1 is 1.03 bits per heavy atom. The van der Waals surface area contributed by atoms with Crippen molar-refractivity contribution in [2.24, 2.45) is 0 Å². The van der Waals surface area contributed by atoms with Gasteiger partial charge in [0.25, 0.3) is 10.0 Å². The third-order valence-corrected chi connectivity index (χ3v) is 7.60. The first-order valence-electron chi connectivity index (χ1n) is 9.47. The van der Waals surface area contributed by atoms with Crippen molar-refractivity contribution < 1.29 is 22.3 Å². The van der Waals surface area contributed by atoms with Crippen LogP contribution in [0.2, 0.25) is 0 Å². The fourth-order valence-corrected chi connectivity index (χ4v) is 5.90. The predicted octanol–water partition coefficient (Wildman–Crippen LogP) is 5.21. The minimum Gasteiger partial charge on any atom is -0.485 e. The van der Waals surface area contributed by atoms with E-state index >= 15 is 0 Å². The van der Waals surface area contributed by atoms with Crippen LogP contribution in [0.3, 0.4) is 0 Å². The fraction of sp³-hybridized carbons (Fsp3) is 0.0870. The lowest BCUT2D eigenvalue weighted by atomic mass is 10.1. The van der Waals surface area contributed by atoms with Gasteiger partial charge in [-0.2, -0.15) is 0 Å². The molecule has 5 nitrogen and oxygen atoms in total. The quantitative estimate of drug-likeness (QED) is 0.425. The van der Waals surface area contributed by atoms with Gasteiger partial charge in [-0.15, -0.1) is 11.3 Å². The number of hydrogen-bond donors (Lipinski definition) is 0. The van der Waals surface area contributed by atoms with Crippen LogP contribution in [-0.4, -0.2) is 25.6 Å². The van der Waals surface area contributed by atoms with Crippen LogP contribution in [0, 0.1) is 12.7 Å². The largest absolute Gasteiger partial charge is 0.485 e. The van der Waals surface area contributed by atoms with Crippen LogP contribution >= 0.6 is 11.3 Å². The second-order valence-electron chi connectivity index (χ2n) is 7.00. The van der Waals surface area contributed by atoms with Crippen molar-refractivity contribution >= 4 is 21.4 Å². The summed E-state index contributed by atoms with van der Waals surface area (Å²) in [6.07, 6.45) is 1.40. The smallest absolute Gasteiger partial charge is 0.268 e. The summed E-state index contributed by atoms with van der Waals surface area (Å²) in [7, 11) is -4.01. The zero-order chi connectivity index (χ0) is 21.6. The maximum atomic E-state index is 14.4. The van der Waals surface area contributed by atoms with E-state index in [9.17, 15) is 12.8 Å². The highest BCUT2D eigenvalue weighted by molar-refractivity contribution is 7.90. The molecule has 0 aliphatic carbocycles. The third-order valence-electron chi connectivity index (χ3n) is 4.95. The lowest BCUT2D eigenvalue weighted by Gasteiger charge is -2.16. The topological polar surface area (TPSA) is 57.5 Å². The Morgan fingerprint density at radius 3 is 2.68 bits per heavy atom. The molecule has 0 saturated heterocycles. The number of nitrogens with zero attached hydrogens (tertiary/aromatic N) is 1. The van der Waals surface area contributed by atoms with E-state index in [0.29, 0.717) is 35.8 Å². The lowest BCUT2D eigenvalue weighted by molar-refractivity contribution is 0.174. The van der Waals surface area contributed by atoms with Crippen molar-refractivity contribution in [2.45, 2.75) is 4.90 Å². The molecule has 5 rings (SSSR count). The summed E-state index contributed by atoms with van der Waals surface area (Å²) in [5, 5.41) is 1.85. The number of benzene rings is 2. The summed E-state index contributed by atoms with van der Waals surface area (Å²) >= 11 is 1.43. The van der Waals surface area contributed by atoms with Gasteiger partial charge >= 0.3 is 0 Å².